The highest BCUT2D eigenvalue weighted by molar-refractivity contribution is 8.03. The second-order valence-corrected chi connectivity index (χ2v) is 9.12. The molecule has 3 aromatic rings. The molecule has 0 spiro atoms. The van der Waals surface area contributed by atoms with Crippen LogP contribution in [-0.4, -0.2) is 37.8 Å². The fourth-order valence-electron chi connectivity index (χ4n) is 1.81. The molecule has 1 N–H and O–H groups in total. The van der Waals surface area contributed by atoms with Crippen molar-refractivity contribution in [3.63, 3.8) is 0 Å². The quantitative estimate of drug-likeness (QED) is 0.559. The number of carbonyl (C=O) groups excluding carboxylic acids is 1. The fourth-order valence-corrected chi connectivity index (χ4v) is 4.60. The lowest BCUT2D eigenvalue weighted by Gasteiger charge is -1.99. The van der Waals surface area contributed by atoms with Crippen LogP contribution < -0.4 is 5.32 Å². The van der Waals surface area contributed by atoms with Gasteiger partial charge < -0.3 is 4.42 Å². The van der Waals surface area contributed by atoms with Crippen LogP contribution in [-0.2, 0) is 4.79 Å². The van der Waals surface area contributed by atoms with Gasteiger partial charge >= 0.3 is 6.01 Å². The van der Waals surface area contributed by atoms with Crippen molar-refractivity contribution in [3.05, 3.63) is 30.3 Å². The zero-order chi connectivity index (χ0) is 18.4. The third-order valence-corrected chi connectivity index (χ3v) is 6.56. The molecule has 136 valence electrons. The van der Waals surface area contributed by atoms with Gasteiger partial charge in [0.25, 0.3) is 0 Å². The molecule has 3 rings (SSSR count). The van der Waals surface area contributed by atoms with Gasteiger partial charge in [0.05, 0.1) is 5.75 Å². The van der Waals surface area contributed by atoms with Gasteiger partial charge in [0.2, 0.25) is 11.8 Å². The minimum absolute atomic E-state index is 0.0832. The molecule has 1 amide bonds. The maximum atomic E-state index is 12.0. The first kappa shape index (κ1) is 18.9. The van der Waals surface area contributed by atoms with Crippen LogP contribution in [0.4, 0.5) is 6.01 Å². The Morgan fingerprint density at radius 2 is 1.85 bits per heavy atom. The van der Waals surface area contributed by atoms with E-state index in [0.717, 1.165) is 20.0 Å². The second-order valence-electron chi connectivity index (χ2n) is 5.65. The Morgan fingerprint density at radius 1 is 1.12 bits per heavy atom. The topological polar surface area (TPSA) is 93.8 Å². The molecule has 1 aromatic carbocycles. The van der Waals surface area contributed by atoms with Gasteiger partial charge in [0.15, 0.2) is 8.68 Å². The first-order valence-corrected chi connectivity index (χ1v) is 10.7. The molecule has 0 radical (unpaired) electrons. The number of hydrogen-bond donors (Lipinski definition) is 1. The van der Waals surface area contributed by atoms with Crippen molar-refractivity contribution in [2.45, 2.75) is 22.5 Å². The number of hydrogen-bond acceptors (Lipinski definition) is 9. The Kier molecular flexibility index (Phi) is 6.64. The summed E-state index contributed by atoms with van der Waals surface area (Å²) in [5, 5.41) is 18.6. The van der Waals surface area contributed by atoms with Crippen LogP contribution in [0.3, 0.4) is 0 Å². The Bertz CT molecular complexity index is 850. The lowest BCUT2D eigenvalue weighted by molar-refractivity contribution is -0.113. The van der Waals surface area contributed by atoms with Crippen molar-refractivity contribution in [1.29, 1.82) is 0 Å². The van der Waals surface area contributed by atoms with E-state index in [0.29, 0.717) is 11.8 Å². The molecule has 7 nitrogen and oxygen atoms in total. The molecule has 0 aliphatic rings. The van der Waals surface area contributed by atoms with E-state index in [1.807, 2.05) is 30.3 Å². The second kappa shape index (κ2) is 9.15. The van der Waals surface area contributed by atoms with Crippen molar-refractivity contribution in [2.75, 3.05) is 16.8 Å². The number of anilines is 1. The number of rotatable bonds is 8. The molecule has 0 atom stereocenters. The summed E-state index contributed by atoms with van der Waals surface area (Å²) in [6, 6.07) is 9.47. The number of nitrogens with zero attached hydrogens (tertiary/aromatic N) is 4. The highest BCUT2D eigenvalue weighted by Gasteiger charge is 2.13. The SMILES string of the molecule is CC(C)CSc1nnc(SCC(=O)Nc2nnc(-c3ccccc3)o2)s1. The zero-order valence-corrected chi connectivity index (χ0v) is 16.7. The standard InChI is InChI=1S/C16H17N5O2S3/c1-10(2)8-24-15-20-21-16(26-15)25-9-12(22)17-14-19-18-13(23-14)11-6-4-3-5-7-11/h3-7,10H,8-9H2,1-2H3,(H,17,19,22). The Labute approximate surface area is 163 Å². The van der Waals surface area contributed by atoms with Crippen LogP contribution in [0.1, 0.15) is 13.8 Å². The van der Waals surface area contributed by atoms with Crippen LogP contribution in [0.5, 0.6) is 0 Å². The van der Waals surface area contributed by atoms with Crippen molar-refractivity contribution >= 4 is 46.8 Å². The molecule has 0 fully saturated rings. The summed E-state index contributed by atoms with van der Waals surface area (Å²) in [6.45, 7) is 4.32. The van der Waals surface area contributed by atoms with Gasteiger partial charge in [-0.05, 0) is 18.1 Å². The van der Waals surface area contributed by atoms with Gasteiger partial charge in [0.1, 0.15) is 0 Å². The van der Waals surface area contributed by atoms with Gasteiger partial charge in [-0.15, -0.1) is 15.3 Å². The predicted octanol–water partition coefficient (Wildman–Crippen LogP) is 4.07. The van der Waals surface area contributed by atoms with Gasteiger partial charge in [-0.25, -0.2) is 0 Å². The number of thioether (sulfide) groups is 2. The Balaban J connectivity index is 1.48. The maximum Gasteiger partial charge on any atom is 0.322 e. The molecular weight excluding hydrogens is 390 g/mol. The van der Waals surface area contributed by atoms with E-state index in [-0.39, 0.29) is 17.7 Å². The maximum absolute atomic E-state index is 12.0. The summed E-state index contributed by atoms with van der Waals surface area (Å²) in [6.07, 6.45) is 0. The molecule has 0 aliphatic heterocycles. The monoisotopic (exact) mass is 407 g/mol. The third kappa shape index (κ3) is 5.55. The van der Waals surface area contributed by atoms with Crippen molar-refractivity contribution in [2.24, 2.45) is 5.92 Å². The molecular formula is C16H17N5O2S3. The molecule has 0 saturated heterocycles. The van der Waals surface area contributed by atoms with Crippen molar-refractivity contribution in [1.82, 2.24) is 20.4 Å². The molecule has 0 saturated carbocycles. The van der Waals surface area contributed by atoms with Gasteiger partial charge in [-0.3, -0.25) is 10.1 Å². The van der Waals surface area contributed by atoms with Crippen molar-refractivity contribution < 1.29 is 9.21 Å². The minimum atomic E-state index is -0.232. The average Bonchev–Trinajstić information content (AvgIpc) is 3.28. The van der Waals surface area contributed by atoms with E-state index in [1.54, 1.807) is 11.8 Å². The van der Waals surface area contributed by atoms with Crippen LogP contribution in [0, 0.1) is 5.92 Å². The highest BCUT2D eigenvalue weighted by Crippen LogP contribution is 2.29. The van der Waals surface area contributed by atoms with Crippen LogP contribution >= 0.6 is 34.9 Å². The summed E-state index contributed by atoms with van der Waals surface area (Å²) in [5.41, 5.74) is 0.801. The lowest BCUT2D eigenvalue weighted by atomic mass is 10.2. The number of amides is 1. The third-order valence-electron chi connectivity index (χ3n) is 2.95. The predicted molar refractivity (Wildman–Crippen MR) is 105 cm³/mol. The highest BCUT2D eigenvalue weighted by atomic mass is 32.2. The Hall–Kier alpha value is -1.91. The molecule has 0 bridgehead atoms. The van der Waals surface area contributed by atoms with E-state index in [2.05, 4.69) is 39.6 Å². The summed E-state index contributed by atoms with van der Waals surface area (Å²) >= 11 is 4.52. The van der Waals surface area contributed by atoms with Gasteiger partial charge in [0, 0.05) is 11.3 Å². The van der Waals surface area contributed by atoms with Crippen LogP contribution in [0.2, 0.25) is 0 Å². The largest absolute Gasteiger partial charge is 0.403 e. The molecule has 10 heteroatoms. The van der Waals surface area contributed by atoms with E-state index in [9.17, 15) is 4.79 Å². The summed E-state index contributed by atoms with van der Waals surface area (Å²) in [4.78, 5) is 12.0. The van der Waals surface area contributed by atoms with Gasteiger partial charge in [-0.1, -0.05) is 72.0 Å². The van der Waals surface area contributed by atoms with E-state index < -0.39 is 0 Å². The average molecular weight is 408 g/mol. The molecule has 26 heavy (non-hydrogen) atoms. The first-order chi connectivity index (χ1) is 12.6. The fraction of sp³-hybridized carbons (Fsp3) is 0.312. The molecule has 0 unspecified atom stereocenters. The number of nitrogens with one attached hydrogen (secondary N) is 1. The van der Waals surface area contributed by atoms with Crippen LogP contribution in [0.15, 0.2) is 43.4 Å². The lowest BCUT2D eigenvalue weighted by Crippen LogP contribution is -2.14. The van der Waals surface area contributed by atoms with Gasteiger partial charge in [-0.2, -0.15) is 0 Å². The van der Waals surface area contributed by atoms with E-state index >= 15 is 0 Å². The Morgan fingerprint density at radius 3 is 2.58 bits per heavy atom. The molecule has 0 aliphatic carbocycles. The molecule has 2 heterocycles. The smallest absolute Gasteiger partial charge is 0.322 e. The van der Waals surface area contributed by atoms with Crippen LogP contribution in [0.25, 0.3) is 11.5 Å². The molecule has 2 aromatic heterocycles. The van der Waals surface area contributed by atoms with Crippen molar-refractivity contribution in [3.8, 4) is 11.5 Å². The number of aromatic nitrogens is 4. The zero-order valence-electron chi connectivity index (χ0n) is 14.2. The number of benzene rings is 1. The summed E-state index contributed by atoms with van der Waals surface area (Å²) in [7, 11) is 0. The normalized spacial score (nSPS) is 11.0. The number of carbonyl (C=O) groups is 1. The first-order valence-electron chi connectivity index (χ1n) is 7.88. The van der Waals surface area contributed by atoms with E-state index in [1.165, 1.54) is 23.1 Å². The minimum Gasteiger partial charge on any atom is -0.403 e. The summed E-state index contributed by atoms with van der Waals surface area (Å²) < 4.78 is 7.15. The van der Waals surface area contributed by atoms with E-state index in [4.69, 9.17) is 4.42 Å². The summed E-state index contributed by atoms with van der Waals surface area (Å²) in [5.74, 6) is 1.93.